The van der Waals surface area contributed by atoms with Crippen LogP contribution in [0.2, 0.25) is 0 Å². The van der Waals surface area contributed by atoms with Gasteiger partial charge in [0, 0.05) is 19.3 Å². The summed E-state index contributed by atoms with van der Waals surface area (Å²) in [5.41, 5.74) is 0. The van der Waals surface area contributed by atoms with Crippen molar-refractivity contribution in [3.63, 3.8) is 0 Å². The van der Waals surface area contributed by atoms with Gasteiger partial charge in [0.15, 0.2) is 6.10 Å². The largest absolute Gasteiger partial charge is 0.462 e. The molecule has 0 aromatic carbocycles. The highest BCUT2D eigenvalue weighted by Crippen LogP contribution is 2.18. The minimum atomic E-state index is -0.760. The van der Waals surface area contributed by atoms with Crippen molar-refractivity contribution in [1.82, 2.24) is 0 Å². The molecule has 61 heavy (non-hydrogen) atoms. The van der Waals surface area contributed by atoms with E-state index in [1.165, 1.54) is 205 Å². The Balaban J connectivity index is 4.16. The van der Waals surface area contributed by atoms with Gasteiger partial charge in [-0.1, -0.05) is 272 Å². The lowest BCUT2D eigenvalue weighted by Gasteiger charge is -2.18. The lowest BCUT2D eigenvalue weighted by molar-refractivity contribution is -0.167. The maximum atomic E-state index is 12.8. The Morgan fingerprint density at radius 1 is 0.328 bits per heavy atom. The maximum Gasteiger partial charge on any atom is 0.306 e. The lowest BCUT2D eigenvalue weighted by Crippen LogP contribution is -2.30. The smallest absolute Gasteiger partial charge is 0.306 e. The second-order valence-electron chi connectivity index (χ2n) is 19.1. The van der Waals surface area contributed by atoms with Crippen molar-refractivity contribution in [2.45, 2.75) is 316 Å². The molecule has 0 aliphatic heterocycles. The van der Waals surface area contributed by atoms with Gasteiger partial charge in [-0.05, 0) is 25.2 Å². The Morgan fingerprint density at radius 2 is 0.574 bits per heavy atom. The lowest BCUT2D eigenvalue weighted by atomic mass is 9.99. The molecule has 0 aliphatic carbocycles. The van der Waals surface area contributed by atoms with Crippen LogP contribution in [0.5, 0.6) is 0 Å². The highest BCUT2D eigenvalue weighted by atomic mass is 16.6. The molecule has 0 aliphatic rings. The summed E-state index contributed by atoms with van der Waals surface area (Å²) in [7, 11) is 0. The Bertz CT molecular complexity index is 920. The van der Waals surface area contributed by atoms with E-state index in [1.54, 1.807) is 0 Å². The minimum absolute atomic E-state index is 0.0629. The van der Waals surface area contributed by atoms with E-state index in [0.717, 1.165) is 63.7 Å². The van der Waals surface area contributed by atoms with E-state index in [-0.39, 0.29) is 31.1 Å². The van der Waals surface area contributed by atoms with Gasteiger partial charge in [0.1, 0.15) is 13.2 Å². The molecule has 0 bridgehead atoms. The van der Waals surface area contributed by atoms with Gasteiger partial charge in [-0.15, -0.1) is 0 Å². The molecule has 1 unspecified atom stereocenters. The van der Waals surface area contributed by atoms with Crippen LogP contribution in [0.3, 0.4) is 0 Å². The maximum absolute atomic E-state index is 12.8. The average molecular weight is 863 g/mol. The SMILES string of the molecule is CCCCCCCCCCCCCCCCCCCCC(=O)O[C@@H](COC(=O)CCCCCCCCC)COC(=O)CCCCCCCCCCCCCCCCC(C)CC. The van der Waals surface area contributed by atoms with Crippen LogP contribution < -0.4 is 0 Å². The summed E-state index contributed by atoms with van der Waals surface area (Å²) in [5.74, 6) is 0.0484. The third-order valence-corrected chi connectivity index (χ3v) is 12.9. The molecule has 0 spiro atoms. The van der Waals surface area contributed by atoms with Crippen molar-refractivity contribution in [3.8, 4) is 0 Å². The van der Waals surface area contributed by atoms with Crippen LogP contribution >= 0.6 is 0 Å². The second kappa shape index (κ2) is 49.4. The predicted molar refractivity (Wildman–Crippen MR) is 261 cm³/mol. The van der Waals surface area contributed by atoms with Gasteiger partial charge in [-0.25, -0.2) is 0 Å². The molecule has 0 radical (unpaired) electrons. The minimum Gasteiger partial charge on any atom is -0.462 e. The molecule has 0 fully saturated rings. The predicted octanol–water partition coefficient (Wildman–Crippen LogP) is 17.8. The average Bonchev–Trinajstić information content (AvgIpc) is 3.26. The molecule has 6 nitrogen and oxygen atoms in total. The van der Waals surface area contributed by atoms with Crippen molar-refractivity contribution < 1.29 is 28.6 Å². The number of carbonyl (C=O) groups is 3. The molecule has 0 N–H and O–H groups in total. The molecular weight excluding hydrogens is 757 g/mol. The van der Waals surface area contributed by atoms with Gasteiger partial charge in [0.2, 0.25) is 0 Å². The van der Waals surface area contributed by atoms with Crippen LogP contribution in [0.25, 0.3) is 0 Å². The number of carbonyl (C=O) groups excluding carboxylic acids is 3. The molecule has 0 saturated carbocycles. The summed E-state index contributed by atoms with van der Waals surface area (Å²) >= 11 is 0. The Morgan fingerprint density at radius 3 is 0.852 bits per heavy atom. The molecular formula is C55H106O6. The Hall–Kier alpha value is -1.59. The first-order valence-corrected chi connectivity index (χ1v) is 27.4. The first-order valence-electron chi connectivity index (χ1n) is 27.4. The van der Waals surface area contributed by atoms with Crippen molar-refractivity contribution in [2.75, 3.05) is 13.2 Å². The number of hydrogen-bond acceptors (Lipinski definition) is 6. The van der Waals surface area contributed by atoms with E-state index < -0.39 is 6.10 Å². The van der Waals surface area contributed by atoms with Gasteiger partial charge in [0.05, 0.1) is 0 Å². The zero-order chi connectivity index (χ0) is 44.5. The Kier molecular flexibility index (Phi) is 48.1. The third-order valence-electron chi connectivity index (χ3n) is 12.9. The third kappa shape index (κ3) is 47.7. The summed E-state index contributed by atoms with van der Waals surface area (Å²) in [6.07, 6.45) is 52.4. The summed E-state index contributed by atoms with van der Waals surface area (Å²) in [5, 5.41) is 0. The summed E-state index contributed by atoms with van der Waals surface area (Å²) in [6, 6.07) is 0. The van der Waals surface area contributed by atoms with Crippen molar-refractivity contribution in [2.24, 2.45) is 5.92 Å². The van der Waals surface area contributed by atoms with Gasteiger partial charge < -0.3 is 14.2 Å². The Labute approximate surface area is 380 Å². The van der Waals surface area contributed by atoms with E-state index in [1.807, 2.05) is 0 Å². The molecule has 0 heterocycles. The molecule has 362 valence electrons. The van der Waals surface area contributed by atoms with Crippen molar-refractivity contribution in [1.29, 1.82) is 0 Å². The second-order valence-corrected chi connectivity index (χ2v) is 19.1. The highest BCUT2D eigenvalue weighted by molar-refractivity contribution is 5.71. The molecule has 2 atom stereocenters. The fourth-order valence-electron chi connectivity index (χ4n) is 8.36. The van der Waals surface area contributed by atoms with E-state index in [4.69, 9.17) is 14.2 Å². The van der Waals surface area contributed by atoms with Gasteiger partial charge in [0.25, 0.3) is 0 Å². The molecule has 0 aromatic heterocycles. The zero-order valence-electron chi connectivity index (χ0n) is 41.6. The van der Waals surface area contributed by atoms with Gasteiger partial charge in [-0.3, -0.25) is 14.4 Å². The number of hydrogen-bond donors (Lipinski definition) is 0. The number of ether oxygens (including phenoxy) is 3. The first kappa shape index (κ1) is 59.4. The first-order chi connectivity index (χ1) is 29.9. The topological polar surface area (TPSA) is 78.9 Å². The summed E-state index contributed by atoms with van der Waals surface area (Å²) in [4.78, 5) is 37.9. The van der Waals surface area contributed by atoms with Gasteiger partial charge in [-0.2, -0.15) is 0 Å². The number of rotatable bonds is 50. The monoisotopic (exact) mass is 863 g/mol. The van der Waals surface area contributed by atoms with Crippen LogP contribution in [0.15, 0.2) is 0 Å². The fraction of sp³-hybridized carbons (Fsp3) is 0.945. The quantitative estimate of drug-likeness (QED) is 0.0344. The normalized spacial score (nSPS) is 12.4. The molecule has 0 saturated heterocycles. The van der Waals surface area contributed by atoms with E-state index in [0.29, 0.717) is 19.3 Å². The number of esters is 3. The summed E-state index contributed by atoms with van der Waals surface area (Å²) in [6.45, 7) is 9.05. The van der Waals surface area contributed by atoms with E-state index in [9.17, 15) is 14.4 Å². The van der Waals surface area contributed by atoms with Crippen LogP contribution in [-0.2, 0) is 28.6 Å². The van der Waals surface area contributed by atoms with Crippen LogP contribution in [-0.4, -0.2) is 37.2 Å². The highest BCUT2D eigenvalue weighted by Gasteiger charge is 2.19. The van der Waals surface area contributed by atoms with Crippen LogP contribution in [0.4, 0.5) is 0 Å². The zero-order valence-corrected chi connectivity index (χ0v) is 41.6. The van der Waals surface area contributed by atoms with Gasteiger partial charge >= 0.3 is 17.9 Å². The molecule has 6 heteroatoms. The molecule has 0 aromatic rings. The molecule has 0 rings (SSSR count). The van der Waals surface area contributed by atoms with E-state index >= 15 is 0 Å². The van der Waals surface area contributed by atoms with Crippen molar-refractivity contribution >= 4 is 17.9 Å². The van der Waals surface area contributed by atoms with Crippen LogP contribution in [0.1, 0.15) is 310 Å². The molecule has 0 amide bonds. The van der Waals surface area contributed by atoms with Crippen LogP contribution in [0, 0.1) is 5.92 Å². The number of unbranched alkanes of at least 4 members (excludes halogenated alkanes) is 36. The summed E-state index contributed by atoms with van der Waals surface area (Å²) < 4.78 is 16.8. The van der Waals surface area contributed by atoms with Crippen molar-refractivity contribution in [3.05, 3.63) is 0 Å². The van der Waals surface area contributed by atoms with E-state index in [2.05, 4.69) is 27.7 Å². The standard InChI is InChI=1S/C55H106O6/c1-5-8-10-12-14-15-16-17-18-19-20-21-26-29-32-36-40-44-48-55(58)61-52(49-59-53(56)46-42-38-33-13-11-9-6-2)50-60-54(57)47-43-39-35-31-28-25-23-22-24-27-30-34-37-41-45-51(4)7-3/h51-52H,5-50H2,1-4H3/t51?,52-/m0/s1. The fourth-order valence-corrected chi connectivity index (χ4v) is 8.36.